The molecule has 0 aliphatic rings. The molecule has 0 fully saturated rings. The van der Waals surface area contributed by atoms with E-state index >= 15 is 0 Å². The lowest BCUT2D eigenvalue weighted by atomic mass is 10.1. The molecular formula is C23H22N4O2. The maximum absolute atomic E-state index is 11.9. The van der Waals surface area contributed by atoms with Crippen LogP contribution in [0.2, 0.25) is 0 Å². The van der Waals surface area contributed by atoms with Crippen molar-refractivity contribution in [2.45, 2.75) is 20.0 Å². The van der Waals surface area contributed by atoms with Gasteiger partial charge in [-0.2, -0.15) is 0 Å². The Bertz CT molecular complexity index is 1120. The summed E-state index contributed by atoms with van der Waals surface area (Å²) in [5.41, 5.74) is 5.42. The Kier molecular flexibility index (Phi) is 5.63. The van der Waals surface area contributed by atoms with Gasteiger partial charge in [0.25, 0.3) is 0 Å². The van der Waals surface area contributed by atoms with Crippen molar-refractivity contribution in [3.8, 4) is 5.69 Å². The zero-order chi connectivity index (χ0) is 20.1. The number of esters is 1. The minimum Gasteiger partial charge on any atom is -0.462 e. The number of rotatable bonds is 7. The summed E-state index contributed by atoms with van der Waals surface area (Å²) < 4.78 is 7.09. The first-order valence-corrected chi connectivity index (χ1v) is 9.59. The number of hydrogen-bond acceptors (Lipinski definition) is 5. The fourth-order valence-corrected chi connectivity index (χ4v) is 3.21. The van der Waals surface area contributed by atoms with Crippen molar-refractivity contribution in [3.63, 3.8) is 0 Å². The molecule has 1 N–H and O–H groups in total. The molecule has 2 aromatic carbocycles. The van der Waals surface area contributed by atoms with Gasteiger partial charge >= 0.3 is 5.97 Å². The number of ether oxygens (including phenoxy) is 1. The number of carbonyl (C=O) groups is 1. The highest BCUT2D eigenvalue weighted by molar-refractivity contribution is 5.94. The van der Waals surface area contributed by atoms with E-state index in [9.17, 15) is 4.79 Å². The Morgan fingerprint density at radius 2 is 1.97 bits per heavy atom. The first-order valence-electron chi connectivity index (χ1n) is 9.59. The summed E-state index contributed by atoms with van der Waals surface area (Å²) in [5.74, 6) is -0.329. The summed E-state index contributed by atoms with van der Waals surface area (Å²) in [7, 11) is 0. The molecule has 0 atom stereocenters. The van der Waals surface area contributed by atoms with E-state index < -0.39 is 0 Å². The lowest BCUT2D eigenvalue weighted by molar-refractivity contribution is 0.0526. The van der Waals surface area contributed by atoms with Crippen LogP contribution in [0.5, 0.6) is 0 Å². The zero-order valence-electron chi connectivity index (χ0n) is 16.2. The van der Waals surface area contributed by atoms with Crippen LogP contribution >= 0.6 is 0 Å². The van der Waals surface area contributed by atoms with Gasteiger partial charge in [0.15, 0.2) is 0 Å². The summed E-state index contributed by atoms with van der Waals surface area (Å²) in [6.45, 7) is 3.61. The van der Waals surface area contributed by atoms with Crippen LogP contribution in [-0.2, 0) is 17.8 Å². The smallest absolute Gasteiger partial charge is 0.338 e. The van der Waals surface area contributed by atoms with Gasteiger partial charge in [0.05, 0.1) is 28.9 Å². The fraction of sp³-hybridized carbons (Fsp3) is 0.174. The van der Waals surface area contributed by atoms with Gasteiger partial charge < -0.3 is 10.1 Å². The number of nitrogens with one attached hydrogen (secondary N) is 1. The molecule has 0 saturated heterocycles. The van der Waals surface area contributed by atoms with Crippen molar-refractivity contribution in [2.24, 2.45) is 0 Å². The first kappa shape index (κ1) is 18.8. The Labute approximate surface area is 169 Å². The van der Waals surface area contributed by atoms with Crippen molar-refractivity contribution in [2.75, 3.05) is 6.61 Å². The summed E-state index contributed by atoms with van der Waals surface area (Å²) in [5, 5.41) is 3.42. The number of imidazole rings is 1. The molecule has 0 aliphatic heterocycles. The summed E-state index contributed by atoms with van der Waals surface area (Å²) in [6, 6.07) is 19.7. The molecule has 0 spiro atoms. The van der Waals surface area contributed by atoms with Crippen LogP contribution < -0.4 is 5.32 Å². The van der Waals surface area contributed by atoms with Crippen molar-refractivity contribution in [1.82, 2.24) is 19.9 Å². The third kappa shape index (κ3) is 4.33. The predicted octanol–water partition coefficient (Wildman–Crippen LogP) is 3.89. The normalized spacial score (nSPS) is 10.9. The summed E-state index contributed by atoms with van der Waals surface area (Å²) >= 11 is 0. The molecule has 6 nitrogen and oxygen atoms in total. The zero-order valence-corrected chi connectivity index (χ0v) is 16.2. The van der Waals surface area contributed by atoms with Gasteiger partial charge in [-0.05, 0) is 55.0 Å². The maximum atomic E-state index is 11.9. The number of carbonyl (C=O) groups excluding carboxylic acids is 1. The maximum Gasteiger partial charge on any atom is 0.338 e. The van der Waals surface area contributed by atoms with Crippen LogP contribution in [0.15, 0.2) is 73.2 Å². The average molecular weight is 386 g/mol. The molecule has 0 unspecified atom stereocenters. The molecule has 146 valence electrons. The average Bonchev–Trinajstić information content (AvgIpc) is 3.18. The van der Waals surface area contributed by atoms with E-state index in [0.29, 0.717) is 12.2 Å². The van der Waals surface area contributed by atoms with Gasteiger partial charge in [-0.3, -0.25) is 9.55 Å². The van der Waals surface area contributed by atoms with Gasteiger partial charge in [-0.1, -0.05) is 18.2 Å². The number of pyridine rings is 1. The standard InChI is InChI=1S/C23H22N4O2/c1-2-29-23(28)18-9-10-22-21(13-18)26-16-27(22)20-8-5-6-17(12-20)14-24-15-19-7-3-4-11-25-19/h3-13,16,24H,2,14-15H2,1H3. The molecule has 4 aromatic rings. The predicted molar refractivity (Wildman–Crippen MR) is 112 cm³/mol. The second kappa shape index (κ2) is 8.67. The van der Waals surface area contributed by atoms with Crippen LogP contribution in [-0.4, -0.2) is 27.1 Å². The van der Waals surface area contributed by atoms with E-state index in [4.69, 9.17) is 4.74 Å². The topological polar surface area (TPSA) is 69.0 Å². The molecule has 0 bridgehead atoms. The lowest BCUT2D eigenvalue weighted by Crippen LogP contribution is -2.13. The van der Waals surface area contributed by atoms with E-state index in [0.717, 1.165) is 35.5 Å². The monoisotopic (exact) mass is 386 g/mol. The molecule has 0 aliphatic carbocycles. The third-order valence-electron chi connectivity index (χ3n) is 4.61. The van der Waals surface area contributed by atoms with Gasteiger partial charge in [-0.15, -0.1) is 0 Å². The van der Waals surface area contributed by atoms with Crippen molar-refractivity contribution in [3.05, 3.63) is 90.0 Å². The molecule has 2 heterocycles. The number of nitrogens with zero attached hydrogens (tertiary/aromatic N) is 3. The van der Waals surface area contributed by atoms with Gasteiger partial charge in [0.1, 0.15) is 6.33 Å². The number of fused-ring (bicyclic) bond motifs is 1. The van der Waals surface area contributed by atoms with E-state index in [2.05, 4.69) is 27.4 Å². The molecule has 0 amide bonds. The number of benzene rings is 2. The second-order valence-electron chi connectivity index (χ2n) is 6.63. The van der Waals surface area contributed by atoms with Crippen LogP contribution in [0.25, 0.3) is 16.7 Å². The van der Waals surface area contributed by atoms with Gasteiger partial charge in [0, 0.05) is 25.0 Å². The molecule has 0 saturated carbocycles. The van der Waals surface area contributed by atoms with Crippen molar-refractivity contribution < 1.29 is 9.53 Å². The highest BCUT2D eigenvalue weighted by Gasteiger charge is 2.11. The lowest BCUT2D eigenvalue weighted by Gasteiger charge is -2.09. The third-order valence-corrected chi connectivity index (χ3v) is 4.61. The van der Waals surface area contributed by atoms with Crippen LogP contribution in [0.3, 0.4) is 0 Å². The van der Waals surface area contributed by atoms with E-state index in [1.165, 1.54) is 5.56 Å². The van der Waals surface area contributed by atoms with E-state index in [1.807, 2.05) is 41.0 Å². The Hall–Kier alpha value is -3.51. The SMILES string of the molecule is CCOC(=O)c1ccc2c(c1)ncn2-c1cccc(CNCc2ccccn2)c1. The van der Waals surface area contributed by atoms with Crippen LogP contribution in [0.4, 0.5) is 0 Å². The Morgan fingerprint density at radius 3 is 2.79 bits per heavy atom. The Balaban J connectivity index is 1.51. The van der Waals surface area contributed by atoms with E-state index in [-0.39, 0.29) is 5.97 Å². The molecule has 29 heavy (non-hydrogen) atoms. The molecular weight excluding hydrogens is 364 g/mol. The molecule has 6 heteroatoms. The highest BCUT2D eigenvalue weighted by atomic mass is 16.5. The van der Waals surface area contributed by atoms with Gasteiger partial charge in [-0.25, -0.2) is 9.78 Å². The highest BCUT2D eigenvalue weighted by Crippen LogP contribution is 2.21. The van der Waals surface area contributed by atoms with Crippen molar-refractivity contribution >= 4 is 17.0 Å². The quantitative estimate of drug-likeness (QED) is 0.488. The van der Waals surface area contributed by atoms with Crippen molar-refractivity contribution in [1.29, 1.82) is 0 Å². The minimum absolute atomic E-state index is 0.329. The van der Waals surface area contributed by atoms with Crippen LogP contribution in [0, 0.1) is 0 Å². The Morgan fingerprint density at radius 1 is 1.03 bits per heavy atom. The minimum atomic E-state index is -0.329. The molecule has 0 radical (unpaired) electrons. The fourth-order valence-electron chi connectivity index (χ4n) is 3.21. The largest absolute Gasteiger partial charge is 0.462 e. The number of aromatic nitrogens is 3. The van der Waals surface area contributed by atoms with Crippen LogP contribution in [0.1, 0.15) is 28.5 Å². The number of hydrogen-bond donors (Lipinski definition) is 1. The second-order valence-corrected chi connectivity index (χ2v) is 6.63. The summed E-state index contributed by atoms with van der Waals surface area (Å²) in [4.78, 5) is 20.7. The molecule has 2 aromatic heterocycles. The molecule has 4 rings (SSSR count). The van der Waals surface area contributed by atoms with E-state index in [1.54, 1.807) is 31.6 Å². The summed E-state index contributed by atoms with van der Waals surface area (Å²) in [6.07, 6.45) is 3.58. The first-order chi connectivity index (χ1) is 14.2. The van der Waals surface area contributed by atoms with Gasteiger partial charge in [0.2, 0.25) is 0 Å².